The molecule has 2 aromatic rings. The van der Waals surface area contributed by atoms with Crippen molar-refractivity contribution in [1.82, 2.24) is 4.90 Å². The molecule has 0 aromatic heterocycles. The number of alkyl halides is 3. The zero-order chi connectivity index (χ0) is 20.7. The van der Waals surface area contributed by atoms with Crippen LogP contribution in [0.5, 0.6) is 0 Å². The topological polar surface area (TPSA) is 52.6 Å². The molecular weight excluding hydrogens is 390 g/mol. The van der Waals surface area contributed by atoms with Crippen LogP contribution in [0.4, 0.5) is 36.8 Å². The highest BCUT2D eigenvalue weighted by Gasteiger charge is 2.52. The van der Waals surface area contributed by atoms with Crippen LogP contribution in [0.1, 0.15) is 17.5 Å². The number of nitrogens with one attached hydrogen (secondary N) is 1. The molecule has 2 N–H and O–H groups in total. The molecule has 0 spiro atoms. The number of benzene rings is 2. The summed E-state index contributed by atoms with van der Waals surface area (Å²) in [6.45, 7) is -2.56. The number of fused-ring (bicyclic) bond motifs is 1. The van der Waals surface area contributed by atoms with E-state index in [1.807, 2.05) is 0 Å². The number of aliphatic hydroxyl groups is 1. The largest absolute Gasteiger partial charge is 0.406 e. The Balaban J connectivity index is 2.38. The van der Waals surface area contributed by atoms with Crippen molar-refractivity contribution in [2.75, 3.05) is 18.5 Å². The molecular formula is C18H14F6N2O2. The summed E-state index contributed by atoms with van der Waals surface area (Å²) in [6.07, 6.45) is -5.45. The SMILES string of the molecule is O=C1Nc2ccc(F)c(F)c2C(CCO)(c2ccc(F)cc2)N1CC(F)(F)F. The van der Waals surface area contributed by atoms with Crippen LogP contribution in [0.25, 0.3) is 0 Å². The lowest BCUT2D eigenvalue weighted by Crippen LogP contribution is -2.58. The van der Waals surface area contributed by atoms with E-state index >= 15 is 0 Å². The Labute approximate surface area is 155 Å². The minimum absolute atomic E-state index is 0.104. The normalized spacial score (nSPS) is 19.4. The first kappa shape index (κ1) is 20.0. The highest BCUT2D eigenvalue weighted by Crippen LogP contribution is 2.48. The van der Waals surface area contributed by atoms with Crippen LogP contribution in [0.15, 0.2) is 36.4 Å². The van der Waals surface area contributed by atoms with E-state index in [2.05, 4.69) is 5.32 Å². The molecule has 0 aliphatic carbocycles. The quantitative estimate of drug-likeness (QED) is 0.753. The number of nitrogens with zero attached hydrogens (tertiary/aromatic N) is 1. The van der Waals surface area contributed by atoms with E-state index in [1.165, 1.54) is 0 Å². The number of anilines is 1. The van der Waals surface area contributed by atoms with Crippen molar-refractivity contribution in [3.05, 3.63) is 65.0 Å². The summed E-state index contributed by atoms with van der Waals surface area (Å²) in [4.78, 5) is 12.8. The molecule has 0 saturated carbocycles. The van der Waals surface area contributed by atoms with Crippen molar-refractivity contribution in [3.63, 3.8) is 0 Å². The fourth-order valence-corrected chi connectivity index (χ4v) is 3.53. The van der Waals surface area contributed by atoms with E-state index in [0.29, 0.717) is 0 Å². The van der Waals surface area contributed by atoms with Crippen LogP contribution in [0, 0.1) is 17.5 Å². The molecule has 3 rings (SSSR count). The maximum atomic E-state index is 14.8. The molecule has 1 atom stereocenters. The summed E-state index contributed by atoms with van der Waals surface area (Å²) in [6, 6.07) is 4.51. The van der Waals surface area contributed by atoms with Gasteiger partial charge in [0.1, 0.15) is 17.9 Å². The summed E-state index contributed by atoms with van der Waals surface area (Å²) in [5.41, 5.74) is -3.12. The van der Waals surface area contributed by atoms with Crippen LogP contribution >= 0.6 is 0 Å². The van der Waals surface area contributed by atoms with E-state index < -0.39 is 60.3 Å². The molecule has 0 radical (unpaired) electrons. The van der Waals surface area contributed by atoms with Crippen molar-refractivity contribution >= 4 is 11.7 Å². The molecule has 10 heteroatoms. The van der Waals surface area contributed by atoms with Gasteiger partial charge in [0.2, 0.25) is 0 Å². The van der Waals surface area contributed by atoms with Crippen molar-refractivity contribution in [3.8, 4) is 0 Å². The van der Waals surface area contributed by atoms with Gasteiger partial charge in [-0.1, -0.05) is 12.1 Å². The Morgan fingerprint density at radius 2 is 1.68 bits per heavy atom. The van der Waals surface area contributed by atoms with Crippen molar-refractivity contribution < 1.29 is 36.2 Å². The molecule has 1 aliphatic heterocycles. The number of aliphatic hydroxyl groups excluding tert-OH is 1. The van der Waals surface area contributed by atoms with Crippen molar-refractivity contribution in [2.45, 2.75) is 18.1 Å². The fraction of sp³-hybridized carbons (Fsp3) is 0.278. The minimum Gasteiger partial charge on any atom is -0.396 e. The van der Waals surface area contributed by atoms with Crippen LogP contribution < -0.4 is 5.32 Å². The Bertz CT molecular complexity index is 900. The third kappa shape index (κ3) is 3.28. The lowest BCUT2D eigenvalue weighted by atomic mass is 9.76. The van der Waals surface area contributed by atoms with E-state index in [4.69, 9.17) is 0 Å². The summed E-state index contributed by atoms with van der Waals surface area (Å²) >= 11 is 0. The zero-order valence-electron chi connectivity index (χ0n) is 14.2. The highest BCUT2D eigenvalue weighted by atomic mass is 19.4. The van der Waals surface area contributed by atoms with Gasteiger partial charge >= 0.3 is 12.2 Å². The van der Waals surface area contributed by atoms with Gasteiger partial charge in [0.25, 0.3) is 0 Å². The van der Waals surface area contributed by atoms with Crippen LogP contribution in [-0.2, 0) is 5.54 Å². The fourth-order valence-electron chi connectivity index (χ4n) is 3.53. The number of urea groups is 1. The predicted molar refractivity (Wildman–Crippen MR) is 87.0 cm³/mol. The van der Waals surface area contributed by atoms with Gasteiger partial charge in [-0.05, 0) is 29.8 Å². The van der Waals surface area contributed by atoms with Gasteiger partial charge in [-0.15, -0.1) is 0 Å². The van der Waals surface area contributed by atoms with E-state index in [1.54, 1.807) is 0 Å². The van der Waals surface area contributed by atoms with Gasteiger partial charge in [0, 0.05) is 18.6 Å². The first-order chi connectivity index (χ1) is 13.1. The number of rotatable bonds is 4. The van der Waals surface area contributed by atoms with E-state index in [-0.39, 0.29) is 16.2 Å². The third-order valence-corrected chi connectivity index (χ3v) is 4.59. The van der Waals surface area contributed by atoms with E-state index in [0.717, 1.165) is 36.4 Å². The van der Waals surface area contributed by atoms with Gasteiger partial charge in [0.05, 0.1) is 5.69 Å². The number of carbonyl (C=O) groups excluding carboxylic acids is 1. The predicted octanol–water partition coefficient (Wildman–Crippen LogP) is 4.14. The van der Waals surface area contributed by atoms with E-state index in [9.17, 15) is 36.2 Å². The monoisotopic (exact) mass is 404 g/mol. The van der Waals surface area contributed by atoms with Crippen LogP contribution in [0.3, 0.4) is 0 Å². The molecule has 1 heterocycles. The maximum Gasteiger partial charge on any atom is 0.406 e. The summed E-state index contributed by atoms with van der Waals surface area (Å²) in [7, 11) is 0. The average molecular weight is 404 g/mol. The number of amides is 2. The molecule has 4 nitrogen and oxygen atoms in total. The molecule has 0 bridgehead atoms. The number of hydrogen-bond donors (Lipinski definition) is 2. The average Bonchev–Trinajstić information content (AvgIpc) is 2.61. The maximum absolute atomic E-state index is 14.8. The summed E-state index contributed by atoms with van der Waals surface area (Å²) in [5.74, 6) is -3.53. The zero-order valence-corrected chi connectivity index (χ0v) is 14.2. The minimum atomic E-state index is -4.88. The summed E-state index contributed by atoms with van der Waals surface area (Å²) in [5, 5.41) is 11.7. The number of halogens is 6. The molecule has 1 aliphatic rings. The van der Waals surface area contributed by atoms with Gasteiger partial charge in [-0.25, -0.2) is 18.0 Å². The molecule has 150 valence electrons. The van der Waals surface area contributed by atoms with Crippen molar-refractivity contribution in [1.29, 1.82) is 0 Å². The Kier molecular flexibility index (Phi) is 5.00. The van der Waals surface area contributed by atoms with Gasteiger partial charge in [-0.3, -0.25) is 0 Å². The van der Waals surface area contributed by atoms with Gasteiger partial charge < -0.3 is 15.3 Å². The second kappa shape index (κ2) is 7.01. The standard InChI is InChI=1S/C18H14F6N2O2/c19-11-3-1-10(2-4-11)17(7-8-27)14-13(6-5-12(20)15(14)21)25-16(28)26(17)9-18(22,23)24/h1-6,27H,7-9H2,(H,25,28). The molecule has 2 aromatic carbocycles. The molecule has 1 unspecified atom stereocenters. The second-order valence-corrected chi connectivity index (χ2v) is 6.26. The molecule has 28 heavy (non-hydrogen) atoms. The third-order valence-electron chi connectivity index (χ3n) is 4.59. The van der Waals surface area contributed by atoms with Crippen LogP contribution in [-0.4, -0.2) is 35.4 Å². The molecule has 0 saturated heterocycles. The van der Waals surface area contributed by atoms with Gasteiger partial charge in [0.15, 0.2) is 11.6 Å². The summed E-state index contributed by atoms with van der Waals surface area (Å²) < 4.78 is 81.8. The van der Waals surface area contributed by atoms with Crippen molar-refractivity contribution in [2.24, 2.45) is 0 Å². The highest BCUT2D eigenvalue weighted by molar-refractivity contribution is 5.94. The van der Waals surface area contributed by atoms with Gasteiger partial charge in [-0.2, -0.15) is 13.2 Å². The first-order valence-electron chi connectivity index (χ1n) is 8.11. The van der Waals surface area contributed by atoms with Crippen LogP contribution in [0.2, 0.25) is 0 Å². The smallest absolute Gasteiger partial charge is 0.396 e. The second-order valence-electron chi connectivity index (χ2n) is 6.26. The molecule has 2 amide bonds. The number of carbonyl (C=O) groups is 1. The first-order valence-corrected chi connectivity index (χ1v) is 8.11. The lowest BCUT2D eigenvalue weighted by Gasteiger charge is -2.48. The lowest BCUT2D eigenvalue weighted by molar-refractivity contribution is -0.149. The Hall–Kier alpha value is -2.75. The molecule has 0 fully saturated rings. The Morgan fingerprint density at radius 3 is 2.25 bits per heavy atom. The Morgan fingerprint density at radius 1 is 1.04 bits per heavy atom. The number of hydrogen-bond acceptors (Lipinski definition) is 2.